The Hall–Kier alpha value is -0.900. The lowest BCUT2D eigenvalue weighted by molar-refractivity contribution is -0.139. The van der Waals surface area contributed by atoms with Crippen molar-refractivity contribution in [2.45, 2.75) is 51.5 Å². The maximum absolute atomic E-state index is 11.4. The van der Waals surface area contributed by atoms with E-state index in [9.17, 15) is 9.59 Å². The average molecular weight is 227 g/mol. The van der Waals surface area contributed by atoms with Crippen LogP contribution < -0.4 is 5.32 Å². The first-order chi connectivity index (χ1) is 7.74. The molecule has 0 bridgehead atoms. The number of hydrogen-bond donors (Lipinski definition) is 1. The first-order valence-electron chi connectivity index (χ1n) is 6.15. The number of esters is 1. The van der Waals surface area contributed by atoms with Crippen molar-refractivity contribution < 1.29 is 14.3 Å². The van der Waals surface area contributed by atoms with E-state index in [1.165, 1.54) is 0 Å². The van der Waals surface area contributed by atoms with E-state index < -0.39 is 0 Å². The van der Waals surface area contributed by atoms with Gasteiger partial charge < -0.3 is 10.1 Å². The number of unbranched alkanes of at least 4 members (excludes halogenated alkanes) is 2. The first-order valence-corrected chi connectivity index (χ1v) is 6.15. The molecule has 0 aromatic rings. The van der Waals surface area contributed by atoms with Gasteiger partial charge in [-0.25, -0.2) is 0 Å². The van der Waals surface area contributed by atoms with Gasteiger partial charge >= 0.3 is 5.97 Å². The molecule has 1 fully saturated rings. The molecule has 0 aromatic heterocycles. The van der Waals surface area contributed by atoms with Crippen LogP contribution in [-0.4, -0.2) is 30.9 Å². The molecule has 92 valence electrons. The van der Waals surface area contributed by atoms with Crippen molar-refractivity contribution >= 4 is 11.8 Å². The van der Waals surface area contributed by atoms with Crippen LogP contribution in [0.1, 0.15) is 45.4 Å². The number of cyclic esters (lactones) is 1. The molecule has 0 unspecified atom stereocenters. The second kappa shape index (κ2) is 7.39. The summed E-state index contributed by atoms with van der Waals surface area (Å²) in [6, 6.07) is -0.191. The second-order valence-electron chi connectivity index (χ2n) is 4.21. The highest BCUT2D eigenvalue weighted by molar-refractivity contribution is 5.79. The van der Waals surface area contributed by atoms with Gasteiger partial charge in [0.2, 0.25) is 0 Å². The van der Waals surface area contributed by atoms with Crippen LogP contribution in [0.5, 0.6) is 0 Å². The van der Waals surface area contributed by atoms with Crippen LogP contribution in [0.25, 0.3) is 0 Å². The highest BCUT2D eigenvalue weighted by Gasteiger charge is 2.25. The topological polar surface area (TPSA) is 55.4 Å². The highest BCUT2D eigenvalue weighted by atomic mass is 16.5. The number of carbonyl (C=O) groups excluding carboxylic acids is 2. The quantitative estimate of drug-likeness (QED) is 0.503. The smallest absolute Gasteiger partial charge is 0.323 e. The van der Waals surface area contributed by atoms with E-state index in [1.54, 1.807) is 0 Å². The average Bonchev–Trinajstić information content (AvgIpc) is 2.65. The lowest BCUT2D eigenvalue weighted by Gasteiger charge is -2.07. The third-order valence-corrected chi connectivity index (χ3v) is 2.79. The normalized spacial score (nSPS) is 19.8. The Morgan fingerprint density at radius 2 is 2.25 bits per heavy atom. The Labute approximate surface area is 96.7 Å². The largest absolute Gasteiger partial charge is 0.464 e. The lowest BCUT2D eigenvalue weighted by atomic mass is 10.1. The number of carbonyl (C=O) groups is 2. The molecule has 4 nitrogen and oxygen atoms in total. The molecule has 1 saturated heterocycles. The van der Waals surface area contributed by atoms with Crippen LogP contribution >= 0.6 is 0 Å². The minimum atomic E-state index is -0.191. The summed E-state index contributed by atoms with van der Waals surface area (Å²) < 4.78 is 4.82. The first kappa shape index (κ1) is 13.2. The zero-order chi connectivity index (χ0) is 11.8. The van der Waals surface area contributed by atoms with Crippen molar-refractivity contribution in [3.63, 3.8) is 0 Å². The van der Waals surface area contributed by atoms with Gasteiger partial charge in [-0.2, -0.15) is 0 Å². The van der Waals surface area contributed by atoms with E-state index >= 15 is 0 Å². The van der Waals surface area contributed by atoms with Crippen molar-refractivity contribution in [1.82, 2.24) is 5.32 Å². The molecular weight excluding hydrogens is 206 g/mol. The van der Waals surface area contributed by atoms with E-state index in [-0.39, 0.29) is 17.8 Å². The lowest BCUT2D eigenvalue weighted by Crippen LogP contribution is -2.34. The summed E-state index contributed by atoms with van der Waals surface area (Å²) in [5.41, 5.74) is 0. The molecule has 1 aliphatic rings. The summed E-state index contributed by atoms with van der Waals surface area (Å²) >= 11 is 0. The molecule has 4 heteroatoms. The van der Waals surface area contributed by atoms with Crippen LogP contribution in [0.4, 0.5) is 0 Å². The fourth-order valence-corrected chi connectivity index (χ4v) is 1.76. The predicted molar refractivity (Wildman–Crippen MR) is 61.1 cm³/mol. The summed E-state index contributed by atoms with van der Waals surface area (Å²) in [5, 5.41) is 3.06. The van der Waals surface area contributed by atoms with Crippen LogP contribution in [-0.2, 0) is 14.3 Å². The van der Waals surface area contributed by atoms with Gasteiger partial charge in [0.15, 0.2) is 0 Å². The third-order valence-electron chi connectivity index (χ3n) is 2.79. The van der Waals surface area contributed by atoms with Gasteiger partial charge in [0.1, 0.15) is 11.8 Å². The predicted octanol–water partition coefficient (Wildman–Crippen LogP) is 1.43. The van der Waals surface area contributed by atoms with Crippen molar-refractivity contribution in [3.05, 3.63) is 0 Å². The molecule has 0 saturated carbocycles. The molecular formula is C12H21NO3. The number of hydrogen-bond acceptors (Lipinski definition) is 4. The molecule has 0 aliphatic carbocycles. The molecule has 0 amide bonds. The van der Waals surface area contributed by atoms with Crippen molar-refractivity contribution in [3.8, 4) is 0 Å². The fraction of sp³-hybridized carbons (Fsp3) is 0.833. The molecule has 1 atom stereocenters. The maximum atomic E-state index is 11.4. The SMILES string of the molecule is CCCCCC(=O)CCN[C@H]1CCOC1=O. The summed E-state index contributed by atoms with van der Waals surface area (Å²) in [6.07, 6.45) is 5.16. The van der Waals surface area contributed by atoms with Gasteiger partial charge in [0.05, 0.1) is 6.61 Å². The number of rotatable bonds is 8. The molecule has 1 rings (SSSR count). The minimum absolute atomic E-state index is 0.182. The van der Waals surface area contributed by atoms with E-state index in [2.05, 4.69) is 12.2 Å². The van der Waals surface area contributed by atoms with Crippen LogP contribution in [0.3, 0.4) is 0 Å². The molecule has 1 heterocycles. The molecule has 0 spiro atoms. The Morgan fingerprint density at radius 3 is 2.88 bits per heavy atom. The van der Waals surface area contributed by atoms with E-state index in [1.807, 2.05) is 0 Å². The molecule has 1 aliphatic heterocycles. The van der Waals surface area contributed by atoms with Crippen molar-refractivity contribution in [1.29, 1.82) is 0 Å². The zero-order valence-electron chi connectivity index (χ0n) is 9.96. The van der Waals surface area contributed by atoms with Gasteiger partial charge in [0.25, 0.3) is 0 Å². The number of ether oxygens (including phenoxy) is 1. The maximum Gasteiger partial charge on any atom is 0.323 e. The third kappa shape index (κ3) is 4.75. The van der Waals surface area contributed by atoms with Gasteiger partial charge in [-0.05, 0) is 6.42 Å². The Morgan fingerprint density at radius 1 is 1.44 bits per heavy atom. The Bertz CT molecular complexity index is 240. The minimum Gasteiger partial charge on any atom is -0.464 e. The molecule has 0 aromatic carbocycles. The fourth-order valence-electron chi connectivity index (χ4n) is 1.76. The summed E-state index contributed by atoms with van der Waals surface area (Å²) in [7, 11) is 0. The molecule has 16 heavy (non-hydrogen) atoms. The number of ketones is 1. The Kier molecular flexibility index (Phi) is 6.08. The summed E-state index contributed by atoms with van der Waals surface area (Å²) in [4.78, 5) is 22.5. The van der Waals surface area contributed by atoms with Crippen molar-refractivity contribution in [2.24, 2.45) is 0 Å². The van der Waals surface area contributed by atoms with E-state index in [4.69, 9.17) is 4.74 Å². The molecule has 1 N–H and O–H groups in total. The standard InChI is InChI=1S/C12H21NO3/c1-2-3-4-5-10(14)6-8-13-11-7-9-16-12(11)15/h11,13H,2-9H2,1H3/t11-/m0/s1. The van der Waals surface area contributed by atoms with Gasteiger partial charge in [0, 0.05) is 25.8 Å². The number of Topliss-reactive ketones (excluding diaryl/α,β-unsaturated/α-hetero) is 1. The van der Waals surface area contributed by atoms with E-state index in [0.29, 0.717) is 26.0 Å². The Balaban J connectivity index is 2.01. The van der Waals surface area contributed by atoms with Crippen LogP contribution in [0.2, 0.25) is 0 Å². The van der Waals surface area contributed by atoms with Crippen molar-refractivity contribution in [2.75, 3.05) is 13.2 Å². The van der Waals surface area contributed by atoms with Gasteiger partial charge in [-0.15, -0.1) is 0 Å². The number of nitrogens with one attached hydrogen (secondary N) is 1. The monoisotopic (exact) mass is 227 g/mol. The van der Waals surface area contributed by atoms with Gasteiger partial charge in [-0.3, -0.25) is 9.59 Å². The second-order valence-corrected chi connectivity index (χ2v) is 4.21. The molecule has 0 radical (unpaired) electrons. The van der Waals surface area contributed by atoms with Gasteiger partial charge in [-0.1, -0.05) is 19.8 Å². The van der Waals surface area contributed by atoms with Crippen LogP contribution in [0, 0.1) is 0 Å². The highest BCUT2D eigenvalue weighted by Crippen LogP contribution is 2.06. The van der Waals surface area contributed by atoms with E-state index in [0.717, 1.165) is 25.7 Å². The van der Waals surface area contributed by atoms with Crippen LogP contribution in [0.15, 0.2) is 0 Å². The zero-order valence-corrected chi connectivity index (χ0v) is 9.96. The summed E-state index contributed by atoms with van der Waals surface area (Å²) in [6.45, 7) is 3.21. The summed E-state index contributed by atoms with van der Waals surface area (Å²) in [5.74, 6) is 0.103.